The molecule has 1 heterocycles. The molecule has 0 aliphatic rings. The van der Waals surface area contributed by atoms with Crippen LogP contribution in [0.3, 0.4) is 0 Å². The van der Waals surface area contributed by atoms with Crippen molar-refractivity contribution in [2.24, 2.45) is 0 Å². The fourth-order valence-electron chi connectivity index (χ4n) is 1.96. The van der Waals surface area contributed by atoms with Gasteiger partial charge in [-0.1, -0.05) is 30.7 Å². The molecule has 1 aromatic carbocycles. The molecule has 0 bridgehead atoms. The lowest BCUT2D eigenvalue weighted by Gasteiger charge is -2.21. The van der Waals surface area contributed by atoms with E-state index in [2.05, 4.69) is 41.4 Å². The van der Waals surface area contributed by atoms with Gasteiger partial charge in [0.1, 0.15) is 0 Å². The van der Waals surface area contributed by atoms with Crippen molar-refractivity contribution in [1.82, 2.24) is 10.2 Å². The van der Waals surface area contributed by atoms with Crippen LogP contribution >= 0.6 is 11.6 Å². The molecule has 0 saturated carbocycles. The smallest absolute Gasteiger partial charge is 0.158 e. The summed E-state index contributed by atoms with van der Waals surface area (Å²) in [5.74, 6) is 0.839. The third kappa shape index (κ3) is 2.71. The maximum absolute atomic E-state index is 5.98. The number of anilines is 2. The lowest BCUT2D eigenvalue weighted by molar-refractivity contribution is 0.957. The van der Waals surface area contributed by atoms with Crippen molar-refractivity contribution in [3.05, 3.63) is 46.1 Å². The summed E-state index contributed by atoms with van der Waals surface area (Å²) in [7, 11) is 1.99. The van der Waals surface area contributed by atoms with E-state index in [1.165, 1.54) is 5.56 Å². The normalized spacial score (nSPS) is 10.6. The molecule has 4 heteroatoms. The fourth-order valence-corrected chi connectivity index (χ4v) is 2.14. The van der Waals surface area contributed by atoms with Gasteiger partial charge in [0.2, 0.25) is 0 Å². The van der Waals surface area contributed by atoms with Crippen molar-refractivity contribution in [3.8, 4) is 0 Å². The summed E-state index contributed by atoms with van der Waals surface area (Å²) in [6, 6.07) is 8.47. The number of benzene rings is 1. The molecule has 3 nitrogen and oxygen atoms in total. The molecule has 0 radical (unpaired) electrons. The SMILES string of the molecule is CCc1ccc(N(C)c2nnc(Cl)c(C)c2C)cc1. The van der Waals surface area contributed by atoms with Crippen LogP contribution in [0.4, 0.5) is 11.5 Å². The fraction of sp³-hybridized carbons (Fsp3) is 0.333. The quantitative estimate of drug-likeness (QED) is 0.845. The highest BCUT2D eigenvalue weighted by atomic mass is 35.5. The summed E-state index contributed by atoms with van der Waals surface area (Å²) in [5.41, 5.74) is 4.45. The van der Waals surface area contributed by atoms with E-state index in [4.69, 9.17) is 11.6 Å². The zero-order chi connectivity index (χ0) is 14.0. The molecule has 2 rings (SSSR count). The Bertz CT molecular complexity index is 579. The van der Waals surface area contributed by atoms with Gasteiger partial charge in [-0.2, -0.15) is 0 Å². The Morgan fingerprint density at radius 3 is 2.26 bits per heavy atom. The first-order valence-corrected chi connectivity index (χ1v) is 6.74. The number of rotatable bonds is 3. The van der Waals surface area contributed by atoms with Gasteiger partial charge in [-0.15, -0.1) is 10.2 Å². The van der Waals surface area contributed by atoms with E-state index in [1.807, 2.05) is 25.8 Å². The Balaban J connectivity index is 2.38. The lowest BCUT2D eigenvalue weighted by atomic mass is 10.1. The van der Waals surface area contributed by atoms with Crippen molar-refractivity contribution in [1.29, 1.82) is 0 Å². The van der Waals surface area contributed by atoms with E-state index in [0.29, 0.717) is 5.15 Å². The van der Waals surface area contributed by atoms with E-state index < -0.39 is 0 Å². The molecular weight excluding hydrogens is 258 g/mol. The van der Waals surface area contributed by atoms with Gasteiger partial charge in [0.25, 0.3) is 0 Å². The van der Waals surface area contributed by atoms with Crippen LogP contribution in [0.1, 0.15) is 23.6 Å². The minimum absolute atomic E-state index is 0.469. The minimum Gasteiger partial charge on any atom is -0.328 e. The third-order valence-electron chi connectivity index (χ3n) is 3.49. The molecule has 1 aromatic heterocycles. The van der Waals surface area contributed by atoms with Crippen LogP contribution in [0.2, 0.25) is 5.15 Å². The molecular formula is C15H18ClN3. The van der Waals surface area contributed by atoms with Gasteiger partial charge in [-0.3, -0.25) is 0 Å². The van der Waals surface area contributed by atoms with Crippen molar-refractivity contribution >= 4 is 23.1 Å². The van der Waals surface area contributed by atoms with Crippen molar-refractivity contribution in [3.63, 3.8) is 0 Å². The molecule has 0 saturated heterocycles. The van der Waals surface area contributed by atoms with Crippen LogP contribution in [-0.2, 0) is 6.42 Å². The summed E-state index contributed by atoms with van der Waals surface area (Å²) in [5, 5.41) is 8.66. The molecule has 0 N–H and O–H groups in total. The number of aryl methyl sites for hydroxylation is 1. The highest BCUT2D eigenvalue weighted by molar-refractivity contribution is 6.30. The van der Waals surface area contributed by atoms with E-state index in [0.717, 1.165) is 29.1 Å². The number of hydrogen-bond donors (Lipinski definition) is 0. The van der Waals surface area contributed by atoms with E-state index in [-0.39, 0.29) is 0 Å². The Hall–Kier alpha value is -1.61. The predicted octanol–water partition coefficient (Wildman–Crippen LogP) is 4.08. The van der Waals surface area contributed by atoms with E-state index in [9.17, 15) is 0 Å². The molecule has 0 aliphatic carbocycles. The summed E-state index contributed by atoms with van der Waals surface area (Å²) in [6.45, 7) is 6.13. The van der Waals surface area contributed by atoms with Crippen LogP contribution in [-0.4, -0.2) is 17.2 Å². The second-order valence-corrected chi connectivity index (χ2v) is 5.00. The van der Waals surface area contributed by atoms with Crippen LogP contribution in [0.15, 0.2) is 24.3 Å². The lowest BCUT2D eigenvalue weighted by Crippen LogP contribution is -2.14. The monoisotopic (exact) mass is 275 g/mol. The molecule has 0 aliphatic heterocycles. The molecule has 19 heavy (non-hydrogen) atoms. The Labute approximate surface area is 119 Å². The molecule has 0 spiro atoms. The van der Waals surface area contributed by atoms with Crippen LogP contribution in [0.25, 0.3) is 0 Å². The number of hydrogen-bond acceptors (Lipinski definition) is 3. The molecule has 0 fully saturated rings. The first-order valence-electron chi connectivity index (χ1n) is 6.36. The van der Waals surface area contributed by atoms with E-state index >= 15 is 0 Å². The van der Waals surface area contributed by atoms with Crippen molar-refractivity contribution in [2.45, 2.75) is 27.2 Å². The van der Waals surface area contributed by atoms with Crippen LogP contribution < -0.4 is 4.90 Å². The summed E-state index contributed by atoms with van der Waals surface area (Å²) in [4.78, 5) is 2.03. The molecule has 0 amide bonds. The van der Waals surface area contributed by atoms with Gasteiger partial charge in [0.05, 0.1) is 0 Å². The average Bonchev–Trinajstić information content (AvgIpc) is 2.44. The second kappa shape index (κ2) is 5.57. The Morgan fingerprint density at radius 1 is 1.05 bits per heavy atom. The predicted molar refractivity (Wildman–Crippen MR) is 80.4 cm³/mol. The summed E-state index contributed by atoms with van der Waals surface area (Å²) in [6.07, 6.45) is 1.04. The van der Waals surface area contributed by atoms with Gasteiger partial charge in [-0.25, -0.2) is 0 Å². The highest BCUT2D eigenvalue weighted by Crippen LogP contribution is 2.28. The van der Waals surface area contributed by atoms with Crippen LogP contribution in [0, 0.1) is 13.8 Å². The average molecular weight is 276 g/mol. The third-order valence-corrected chi connectivity index (χ3v) is 3.85. The zero-order valence-corrected chi connectivity index (χ0v) is 12.5. The maximum atomic E-state index is 5.98. The van der Waals surface area contributed by atoms with E-state index in [1.54, 1.807) is 0 Å². The molecule has 0 atom stereocenters. The molecule has 2 aromatic rings. The molecule has 100 valence electrons. The largest absolute Gasteiger partial charge is 0.328 e. The van der Waals surface area contributed by atoms with Gasteiger partial charge in [0.15, 0.2) is 11.0 Å². The summed E-state index contributed by atoms with van der Waals surface area (Å²) >= 11 is 5.98. The first-order chi connectivity index (χ1) is 9.04. The number of aromatic nitrogens is 2. The maximum Gasteiger partial charge on any atom is 0.158 e. The zero-order valence-electron chi connectivity index (χ0n) is 11.7. The summed E-state index contributed by atoms with van der Waals surface area (Å²) < 4.78 is 0. The number of halogens is 1. The molecule has 0 unspecified atom stereocenters. The minimum atomic E-state index is 0.469. The highest BCUT2D eigenvalue weighted by Gasteiger charge is 2.13. The van der Waals surface area contributed by atoms with Gasteiger partial charge in [0, 0.05) is 12.7 Å². The number of nitrogens with zero attached hydrogens (tertiary/aromatic N) is 3. The standard InChI is InChI=1S/C15H18ClN3/c1-5-12-6-8-13(9-7-12)19(4)15-11(3)10(2)14(16)17-18-15/h6-9H,5H2,1-4H3. The Kier molecular flexibility index (Phi) is 4.05. The first kappa shape index (κ1) is 13.8. The van der Waals surface area contributed by atoms with Crippen molar-refractivity contribution in [2.75, 3.05) is 11.9 Å². The van der Waals surface area contributed by atoms with Gasteiger partial charge >= 0.3 is 0 Å². The van der Waals surface area contributed by atoms with Crippen LogP contribution in [0.5, 0.6) is 0 Å². The van der Waals surface area contributed by atoms with Gasteiger partial charge < -0.3 is 4.90 Å². The van der Waals surface area contributed by atoms with Gasteiger partial charge in [-0.05, 0) is 49.1 Å². The topological polar surface area (TPSA) is 29.0 Å². The second-order valence-electron chi connectivity index (χ2n) is 4.64. The Morgan fingerprint density at radius 2 is 1.68 bits per heavy atom. The van der Waals surface area contributed by atoms with Crippen molar-refractivity contribution < 1.29 is 0 Å².